The largest absolute Gasteiger partial charge is 0.497 e. The van der Waals surface area contributed by atoms with Crippen molar-refractivity contribution in [3.05, 3.63) is 60.3 Å². The van der Waals surface area contributed by atoms with Crippen LogP contribution in [0.25, 0.3) is 10.9 Å². The summed E-state index contributed by atoms with van der Waals surface area (Å²) < 4.78 is 5.16. The molecule has 0 saturated carbocycles. The molecule has 0 aliphatic carbocycles. The molecule has 1 N–H and O–H groups in total. The maximum Gasteiger partial charge on any atom is 0.270 e. The summed E-state index contributed by atoms with van der Waals surface area (Å²) in [5.74, 6) is 0.515. The van der Waals surface area contributed by atoms with Crippen LogP contribution in [-0.2, 0) is 6.54 Å². The van der Waals surface area contributed by atoms with Gasteiger partial charge in [-0.2, -0.15) is 0 Å². The Morgan fingerprint density at radius 2 is 2.14 bits per heavy atom. The predicted octanol–water partition coefficient (Wildman–Crippen LogP) is 1.96. The number of methoxy groups -OCH3 is 1. The molecule has 0 aliphatic rings. The lowest BCUT2D eigenvalue weighted by atomic mass is 10.2. The fraction of sp³-hybridized carbons (Fsp3) is 0.125. The Morgan fingerprint density at radius 3 is 3.00 bits per heavy atom. The van der Waals surface area contributed by atoms with Gasteiger partial charge in [0.2, 0.25) is 0 Å². The number of hydrogen-bond acceptors (Lipinski definition) is 5. The average Bonchev–Trinajstić information content (AvgIpc) is 2.59. The first-order valence-corrected chi connectivity index (χ1v) is 6.73. The molecule has 0 radical (unpaired) electrons. The van der Waals surface area contributed by atoms with Gasteiger partial charge in [-0.3, -0.25) is 4.79 Å². The molecule has 6 heteroatoms. The number of fused-ring (bicyclic) bond motifs is 1. The molecule has 0 unspecified atom stereocenters. The highest BCUT2D eigenvalue weighted by Crippen LogP contribution is 2.13. The second kappa shape index (κ2) is 6.17. The van der Waals surface area contributed by atoms with Crippen molar-refractivity contribution in [3.63, 3.8) is 0 Å². The van der Waals surface area contributed by atoms with Crippen LogP contribution < -0.4 is 10.1 Å². The Balaban J connectivity index is 1.72. The monoisotopic (exact) mass is 294 g/mol. The van der Waals surface area contributed by atoms with Crippen molar-refractivity contribution in [2.75, 3.05) is 7.11 Å². The van der Waals surface area contributed by atoms with Crippen LogP contribution in [0.2, 0.25) is 0 Å². The van der Waals surface area contributed by atoms with Gasteiger partial charge in [0, 0.05) is 18.1 Å². The number of pyridine rings is 1. The summed E-state index contributed by atoms with van der Waals surface area (Å²) in [4.78, 5) is 24.3. The zero-order valence-electron chi connectivity index (χ0n) is 12.0. The number of hydrogen-bond donors (Lipinski definition) is 1. The molecule has 6 nitrogen and oxygen atoms in total. The van der Waals surface area contributed by atoms with E-state index in [9.17, 15) is 4.79 Å². The summed E-state index contributed by atoms with van der Waals surface area (Å²) in [7, 11) is 1.61. The Hall–Kier alpha value is -3.02. The van der Waals surface area contributed by atoms with E-state index >= 15 is 0 Å². The molecule has 3 aromatic rings. The highest BCUT2D eigenvalue weighted by atomic mass is 16.5. The molecular weight excluding hydrogens is 280 g/mol. The van der Waals surface area contributed by atoms with Gasteiger partial charge in [-0.05, 0) is 23.8 Å². The summed E-state index contributed by atoms with van der Waals surface area (Å²) in [6.07, 6.45) is 4.67. The van der Waals surface area contributed by atoms with E-state index in [4.69, 9.17) is 4.74 Å². The van der Waals surface area contributed by atoms with E-state index in [1.54, 1.807) is 25.6 Å². The molecule has 110 valence electrons. The van der Waals surface area contributed by atoms with Crippen LogP contribution in [0, 0.1) is 0 Å². The number of amides is 1. The number of carbonyl (C=O) groups is 1. The molecular formula is C16H14N4O2. The number of rotatable bonds is 4. The van der Waals surface area contributed by atoms with Crippen LogP contribution in [0.15, 0.2) is 49.1 Å². The zero-order chi connectivity index (χ0) is 15.4. The van der Waals surface area contributed by atoms with E-state index in [2.05, 4.69) is 20.3 Å². The first-order valence-electron chi connectivity index (χ1n) is 6.73. The van der Waals surface area contributed by atoms with E-state index in [1.165, 1.54) is 6.33 Å². The predicted molar refractivity (Wildman–Crippen MR) is 81.5 cm³/mol. The zero-order valence-corrected chi connectivity index (χ0v) is 12.0. The van der Waals surface area contributed by atoms with Crippen LogP contribution in [0.1, 0.15) is 16.1 Å². The third-order valence-corrected chi connectivity index (χ3v) is 3.21. The van der Waals surface area contributed by atoms with Crippen LogP contribution in [0.3, 0.4) is 0 Å². The maximum atomic E-state index is 12.2. The van der Waals surface area contributed by atoms with E-state index < -0.39 is 0 Å². The first-order chi connectivity index (χ1) is 10.8. The van der Waals surface area contributed by atoms with Gasteiger partial charge >= 0.3 is 0 Å². The summed E-state index contributed by atoms with van der Waals surface area (Å²) in [5, 5.41) is 3.61. The van der Waals surface area contributed by atoms with Crippen molar-refractivity contribution in [2.45, 2.75) is 6.54 Å². The molecule has 0 fully saturated rings. The van der Waals surface area contributed by atoms with E-state index in [0.717, 1.165) is 16.7 Å². The molecule has 1 amide bonds. The van der Waals surface area contributed by atoms with Crippen LogP contribution >= 0.6 is 0 Å². The number of aromatic nitrogens is 3. The smallest absolute Gasteiger partial charge is 0.270 e. The van der Waals surface area contributed by atoms with Crippen molar-refractivity contribution in [2.24, 2.45) is 0 Å². The number of ether oxygens (including phenoxy) is 1. The quantitative estimate of drug-likeness (QED) is 0.796. The van der Waals surface area contributed by atoms with Gasteiger partial charge in [-0.15, -0.1) is 0 Å². The third kappa shape index (κ3) is 3.01. The van der Waals surface area contributed by atoms with E-state index in [0.29, 0.717) is 17.8 Å². The van der Waals surface area contributed by atoms with Crippen molar-refractivity contribution in [1.29, 1.82) is 0 Å². The van der Waals surface area contributed by atoms with Gasteiger partial charge in [0.25, 0.3) is 5.91 Å². The molecule has 22 heavy (non-hydrogen) atoms. The lowest BCUT2D eigenvalue weighted by Gasteiger charge is -2.07. The van der Waals surface area contributed by atoms with Crippen molar-refractivity contribution in [1.82, 2.24) is 20.3 Å². The second-order valence-corrected chi connectivity index (χ2v) is 4.69. The average molecular weight is 294 g/mol. The Bertz CT molecular complexity index is 820. The highest BCUT2D eigenvalue weighted by molar-refractivity contribution is 5.95. The number of carbonyl (C=O) groups excluding carboxylic acids is 1. The third-order valence-electron chi connectivity index (χ3n) is 3.21. The molecule has 0 saturated heterocycles. The van der Waals surface area contributed by atoms with Gasteiger partial charge in [0.1, 0.15) is 17.8 Å². The molecule has 0 atom stereocenters. The van der Waals surface area contributed by atoms with Crippen molar-refractivity contribution in [3.8, 4) is 5.75 Å². The second-order valence-electron chi connectivity index (χ2n) is 4.69. The van der Waals surface area contributed by atoms with Crippen LogP contribution in [0.4, 0.5) is 0 Å². The molecule has 0 bridgehead atoms. The molecule has 2 heterocycles. The summed E-state index contributed by atoms with van der Waals surface area (Å²) in [6.45, 7) is 0.404. The highest BCUT2D eigenvalue weighted by Gasteiger charge is 2.08. The van der Waals surface area contributed by atoms with Gasteiger partial charge in [-0.25, -0.2) is 15.0 Å². The van der Waals surface area contributed by atoms with Gasteiger partial charge in [0.05, 0.1) is 18.8 Å². The molecule has 0 spiro atoms. The number of nitrogens with zero attached hydrogens (tertiary/aromatic N) is 3. The minimum atomic E-state index is -0.242. The van der Waals surface area contributed by atoms with E-state index in [1.807, 2.05) is 24.3 Å². The SMILES string of the molecule is COc1cccc(CNC(=O)c2cc3cncnc3cn2)c1. The lowest BCUT2D eigenvalue weighted by Crippen LogP contribution is -2.23. The fourth-order valence-corrected chi connectivity index (χ4v) is 2.06. The first kappa shape index (κ1) is 13.9. The lowest BCUT2D eigenvalue weighted by molar-refractivity contribution is 0.0946. The Labute approximate surface area is 127 Å². The van der Waals surface area contributed by atoms with E-state index in [-0.39, 0.29) is 5.91 Å². The molecule has 2 aromatic heterocycles. The standard InChI is InChI=1S/C16H14N4O2/c1-22-13-4-2-3-11(5-13)7-19-16(21)14-6-12-8-17-10-20-15(12)9-18-14/h2-6,8-10H,7H2,1H3,(H,19,21). The summed E-state index contributed by atoms with van der Waals surface area (Å²) >= 11 is 0. The van der Waals surface area contributed by atoms with Gasteiger partial charge in [-0.1, -0.05) is 12.1 Å². The summed E-state index contributed by atoms with van der Waals surface area (Å²) in [6, 6.07) is 9.21. The number of benzene rings is 1. The summed E-state index contributed by atoms with van der Waals surface area (Å²) in [5.41, 5.74) is 2.00. The molecule has 0 aliphatic heterocycles. The van der Waals surface area contributed by atoms with Crippen LogP contribution in [-0.4, -0.2) is 28.0 Å². The normalized spacial score (nSPS) is 10.4. The molecule has 3 rings (SSSR count). The fourth-order valence-electron chi connectivity index (χ4n) is 2.06. The van der Waals surface area contributed by atoms with Crippen molar-refractivity contribution < 1.29 is 9.53 Å². The molecule has 1 aromatic carbocycles. The van der Waals surface area contributed by atoms with Gasteiger partial charge < -0.3 is 10.1 Å². The van der Waals surface area contributed by atoms with Crippen molar-refractivity contribution >= 4 is 16.8 Å². The number of nitrogens with one attached hydrogen (secondary N) is 1. The maximum absolute atomic E-state index is 12.2. The topological polar surface area (TPSA) is 77.0 Å². The Morgan fingerprint density at radius 1 is 1.23 bits per heavy atom. The van der Waals surface area contributed by atoms with Crippen LogP contribution in [0.5, 0.6) is 5.75 Å². The minimum absolute atomic E-state index is 0.242. The Kier molecular flexibility index (Phi) is 3.91. The van der Waals surface area contributed by atoms with Gasteiger partial charge in [0.15, 0.2) is 0 Å². The minimum Gasteiger partial charge on any atom is -0.497 e.